The highest BCUT2D eigenvalue weighted by atomic mass is 32.7. The summed E-state index contributed by atoms with van der Waals surface area (Å²) in [6.07, 6.45) is -9.44. The molecule has 4 saturated heterocycles. The lowest BCUT2D eigenvalue weighted by atomic mass is 10.1. The summed E-state index contributed by atoms with van der Waals surface area (Å²) in [4.78, 5) is 0. The Balaban J connectivity index is 0.000000316. The van der Waals surface area contributed by atoms with E-state index in [4.69, 9.17) is 56.0 Å². The maximum atomic E-state index is 13.3. The van der Waals surface area contributed by atoms with Gasteiger partial charge in [0.2, 0.25) is 0 Å². The fourth-order valence-electron chi connectivity index (χ4n) is 6.86. The van der Waals surface area contributed by atoms with Gasteiger partial charge in [0.05, 0.1) is 75.3 Å². The quantitative estimate of drug-likeness (QED) is 0.0958. The average molecular weight is 910 g/mol. The molecule has 4 heterocycles. The lowest BCUT2D eigenvalue weighted by Crippen LogP contribution is -2.39. The molecule has 0 amide bonds. The lowest BCUT2D eigenvalue weighted by Gasteiger charge is -2.27. The molecular formula is C37H72BO18P2S. The van der Waals surface area contributed by atoms with Gasteiger partial charge in [-0.05, 0) is 101 Å². The van der Waals surface area contributed by atoms with Crippen molar-refractivity contribution in [3.8, 4) is 0 Å². The predicted molar refractivity (Wildman–Crippen MR) is 221 cm³/mol. The van der Waals surface area contributed by atoms with Gasteiger partial charge in [0.1, 0.15) is 73.2 Å². The topological polar surface area (TPSA) is 226 Å². The lowest BCUT2D eigenvalue weighted by molar-refractivity contribution is -0.0776. The zero-order valence-electron chi connectivity index (χ0n) is 36.9. The van der Waals surface area contributed by atoms with E-state index in [0.29, 0.717) is 0 Å². The molecule has 22 heteroatoms. The maximum Gasteiger partial charge on any atom is 0.389 e. The third kappa shape index (κ3) is 16.0. The molecule has 4 aliphatic heterocycles. The van der Waals surface area contributed by atoms with Crippen molar-refractivity contribution in [3.63, 3.8) is 0 Å². The van der Waals surface area contributed by atoms with Crippen molar-refractivity contribution < 1.29 is 85.5 Å². The van der Waals surface area contributed by atoms with Gasteiger partial charge in [-0.3, -0.25) is 13.6 Å². The third-order valence-electron chi connectivity index (χ3n) is 9.93. The Morgan fingerprint density at radius 2 is 0.847 bits per heavy atom. The van der Waals surface area contributed by atoms with Gasteiger partial charge < -0.3 is 67.4 Å². The van der Waals surface area contributed by atoms with Crippen LogP contribution in [0.3, 0.4) is 0 Å². The highest BCUT2D eigenvalue weighted by Crippen LogP contribution is 2.61. The van der Waals surface area contributed by atoms with Crippen LogP contribution in [-0.4, -0.2) is 183 Å². The SMILES string of the molecule is CSP(=O)(OC[C@H]1O[C@@H](C)[C@@H](O)C1OC(C)C)OC1[C@@H](COC(C)C)O[C@@H](C)[C@H]1O.[BH]P(=O)(OC[C@H]1O[C@@H](C)[C@@H](O)C1OC(C)C)OC1[C@@H](COC(C)C)O[C@@H](C)[C@H]1O. The van der Waals surface area contributed by atoms with Crippen molar-refractivity contribution in [2.75, 3.05) is 32.7 Å². The molecule has 0 aromatic heterocycles. The van der Waals surface area contributed by atoms with Gasteiger partial charge in [-0.15, -0.1) is 0 Å². The molecule has 1 radical (unpaired) electrons. The van der Waals surface area contributed by atoms with Crippen LogP contribution in [0.5, 0.6) is 0 Å². The molecular weight excluding hydrogens is 837 g/mol. The van der Waals surface area contributed by atoms with E-state index < -0.39 is 112 Å². The molecule has 18 nitrogen and oxygen atoms in total. The van der Waals surface area contributed by atoms with Gasteiger partial charge in [0, 0.05) is 0 Å². The van der Waals surface area contributed by atoms with Crippen LogP contribution in [0.1, 0.15) is 83.1 Å². The van der Waals surface area contributed by atoms with E-state index in [-0.39, 0.29) is 50.8 Å². The average Bonchev–Trinajstić information content (AvgIpc) is 3.77. The van der Waals surface area contributed by atoms with Crippen molar-refractivity contribution in [1.82, 2.24) is 0 Å². The van der Waals surface area contributed by atoms with E-state index in [0.717, 1.165) is 11.4 Å². The van der Waals surface area contributed by atoms with Crippen LogP contribution in [0.15, 0.2) is 0 Å². The van der Waals surface area contributed by atoms with E-state index in [9.17, 15) is 29.6 Å². The van der Waals surface area contributed by atoms with Crippen LogP contribution in [0.4, 0.5) is 0 Å². The third-order valence-corrected chi connectivity index (χ3v) is 14.4. The van der Waals surface area contributed by atoms with Crippen molar-refractivity contribution in [3.05, 3.63) is 0 Å². The highest BCUT2D eigenvalue weighted by molar-refractivity contribution is 8.54. The molecule has 0 aliphatic carbocycles. The minimum atomic E-state index is -3.81. The summed E-state index contributed by atoms with van der Waals surface area (Å²) in [5.74, 6) is 0. The molecule has 4 fully saturated rings. The second-order valence-corrected chi connectivity index (χ2v) is 22.4. The zero-order valence-corrected chi connectivity index (χ0v) is 39.5. The normalized spacial score (nSPS) is 39.6. The second kappa shape index (κ2) is 24.0. The fraction of sp³-hybridized carbons (Fsp3) is 1.00. The number of aliphatic hydroxyl groups excluding tert-OH is 4. The summed E-state index contributed by atoms with van der Waals surface area (Å²) in [6.45, 7) is 18.4. The molecule has 6 unspecified atom stereocenters. The summed E-state index contributed by atoms with van der Waals surface area (Å²) in [5, 5.41) is 41.4. The van der Waals surface area contributed by atoms with Crippen molar-refractivity contribution in [2.24, 2.45) is 0 Å². The summed E-state index contributed by atoms with van der Waals surface area (Å²) in [6, 6.07) is 0. The van der Waals surface area contributed by atoms with E-state index in [1.54, 1.807) is 34.0 Å². The molecule has 0 saturated carbocycles. The molecule has 0 aromatic carbocycles. The monoisotopic (exact) mass is 909 g/mol. The summed E-state index contributed by atoms with van der Waals surface area (Å²) in [7, 11) is -0.253. The Labute approximate surface area is 355 Å². The van der Waals surface area contributed by atoms with Gasteiger partial charge in [0.25, 0.3) is 15.0 Å². The predicted octanol–water partition coefficient (Wildman–Crippen LogP) is 3.29. The molecule has 18 atom stereocenters. The van der Waals surface area contributed by atoms with E-state index in [1.165, 1.54) is 0 Å². The smallest absolute Gasteiger partial charge is 0.388 e. The molecule has 0 aromatic rings. The van der Waals surface area contributed by atoms with Crippen molar-refractivity contribution in [2.45, 2.75) is 205 Å². The molecule has 0 bridgehead atoms. The summed E-state index contributed by atoms with van der Waals surface area (Å²) >= 11 is 0.934. The first-order chi connectivity index (χ1) is 27.4. The molecule has 4 N–H and O–H groups in total. The van der Waals surface area contributed by atoms with Crippen LogP contribution < -0.4 is 0 Å². The summed E-state index contributed by atoms with van der Waals surface area (Å²) in [5.41, 5.74) is 0. The maximum absolute atomic E-state index is 13.3. The fourth-order valence-corrected chi connectivity index (χ4v) is 10.1. The van der Waals surface area contributed by atoms with Gasteiger partial charge in [-0.2, -0.15) is 0 Å². The molecule has 59 heavy (non-hydrogen) atoms. The molecule has 4 aliphatic rings. The standard InChI is InChI=1S/C19H37O9PS.C18H35BO9P/c1-10(2)23-8-14-19(17(21)13(6)26-14)28-29(22,30-7)24-9-15-18(25-11(3)4)16(20)12(5)27-15;1-9(2)23-7-13-18(16(21)12(6)26-13)28-29(19,22)24-8-14-17(25-10(3)4)15(20)11(5)27-14/h10-21H,8-9H2,1-7H3;9-21H,7-8H2,1-6H3/t12-,13-,14+,15+,16+,17+,18?,19?,29?;11-,12-,13+,14+,15+,16+,17?,18?,29?/m00/s1. The Hall–Kier alpha value is 0.235. The Kier molecular flexibility index (Phi) is 21.8. The largest absolute Gasteiger partial charge is 0.389 e. The Bertz CT molecular complexity index is 1340. The van der Waals surface area contributed by atoms with Crippen LogP contribution in [0.2, 0.25) is 0 Å². The van der Waals surface area contributed by atoms with E-state index in [2.05, 4.69) is 7.57 Å². The number of aliphatic hydroxyl groups is 4. The first kappa shape index (κ1) is 53.6. The number of hydrogen-bond acceptors (Lipinski definition) is 19. The van der Waals surface area contributed by atoms with Gasteiger partial charge in [0.15, 0.2) is 0 Å². The Morgan fingerprint density at radius 1 is 0.525 bits per heavy atom. The minimum Gasteiger partial charge on any atom is -0.388 e. The second-order valence-electron chi connectivity index (χ2n) is 16.5. The van der Waals surface area contributed by atoms with Gasteiger partial charge >= 0.3 is 6.80 Å². The molecule has 0 spiro atoms. The first-order valence-electron chi connectivity index (χ1n) is 20.5. The van der Waals surface area contributed by atoms with Crippen LogP contribution >= 0.6 is 25.7 Å². The highest BCUT2D eigenvalue weighted by Gasteiger charge is 2.49. The van der Waals surface area contributed by atoms with Gasteiger partial charge in [-0.25, -0.2) is 4.57 Å². The molecule has 4 rings (SSSR count). The van der Waals surface area contributed by atoms with E-state index >= 15 is 0 Å². The van der Waals surface area contributed by atoms with Crippen LogP contribution in [0.25, 0.3) is 0 Å². The number of rotatable bonds is 21. The first-order valence-corrected chi connectivity index (χ1v) is 25.6. The van der Waals surface area contributed by atoms with Gasteiger partial charge in [-0.1, -0.05) is 0 Å². The van der Waals surface area contributed by atoms with Crippen molar-refractivity contribution in [1.29, 1.82) is 0 Å². The number of hydrogen-bond donors (Lipinski definition) is 4. The molecule has 347 valence electrons. The van der Waals surface area contributed by atoms with Crippen LogP contribution in [0, 0.1) is 0 Å². The number of ether oxygens (including phenoxy) is 8. The van der Waals surface area contributed by atoms with Crippen molar-refractivity contribution >= 4 is 33.2 Å². The summed E-state index contributed by atoms with van der Waals surface area (Å²) < 4.78 is 94.0. The van der Waals surface area contributed by atoms with E-state index in [1.807, 2.05) is 55.4 Å². The zero-order chi connectivity index (χ0) is 44.6. The minimum absolute atomic E-state index is 0.0169. The Morgan fingerprint density at radius 3 is 1.19 bits per heavy atom. The van der Waals surface area contributed by atoms with Crippen LogP contribution in [-0.2, 0) is 65.1 Å².